The third-order valence-corrected chi connectivity index (χ3v) is 6.28. The zero-order chi connectivity index (χ0) is 19.8. The fraction of sp³-hybridized carbons (Fsp3) is 0.524. The average molecular weight is 529 g/mol. The molecule has 0 aromatic carbocycles. The minimum absolute atomic E-state index is 0. The number of methoxy groups -OCH3 is 1. The Bertz CT molecular complexity index is 747. The molecular formula is C21H32IN5OS. The molecule has 1 fully saturated rings. The van der Waals surface area contributed by atoms with Gasteiger partial charge in [0.05, 0.1) is 13.2 Å². The van der Waals surface area contributed by atoms with Gasteiger partial charge in [0.15, 0.2) is 5.96 Å². The third-order valence-electron chi connectivity index (χ3n) is 5.31. The summed E-state index contributed by atoms with van der Waals surface area (Å²) in [7, 11) is 3.45. The highest BCUT2D eigenvalue weighted by Crippen LogP contribution is 2.29. The molecule has 0 amide bonds. The van der Waals surface area contributed by atoms with Crippen molar-refractivity contribution >= 4 is 41.3 Å². The number of piperidine rings is 1. The van der Waals surface area contributed by atoms with Crippen molar-refractivity contribution < 1.29 is 4.74 Å². The van der Waals surface area contributed by atoms with Crippen LogP contribution in [0.15, 0.2) is 40.8 Å². The summed E-state index contributed by atoms with van der Waals surface area (Å²) >= 11 is 1.83. The number of rotatable bonds is 7. The Kier molecular flexibility index (Phi) is 10.2. The molecule has 160 valence electrons. The molecular weight excluding hydrogens is 497 g/mol. The Morgan fingerprint density at radius 2 is 2.10 bits per heavy atom. The number of thiophene rings is 1. The van der Waals surface area contributed by atoms with Gasteiger partial charge in [-0.2, -0.15) is 0 Å². The second kappa shape index (κ2) is 12.3. The van der Waals surface area contributed by atoms with Gasteiger partial charge in [-0.05, 0) is 49.4 Å². The molecule has 0 bridgehead atoms. The van der Waals surface area contributed by atoms with E-state index in [9.17, 15) is 0 Å². The van der Waals surface area contributed by atoms with Gasteiger partial charge in [-0.25, -0.2) is 4.98 Å². The van der Waals surface area contributed by atoms with Crippen LogP contribution in [0, 0.1) is 5.92 Å². The molecule has 2 aromatic heterocycles. The van der Waals surface area contributed by atoms with Gasteiger partial charge in [0.2, 0.25) is 5.88 Å². The first-order chi connectivity index (χ1) is 13.7. The minimum atomic E-state index is 0. The highest BCUT2D eigenvalue weighted by Gasteiger charge is 2.25. The highest BCUT2D eigenvalue weighted by molar-refractivity contribution is 14.0. The fourth-order valence-electron chi connectivity index (χ4n) is 3.57. The molecule has 1 saturated heterocycles. The molecule has 1 unspecified atom stereocenters. The van der Waals surface area contributed by atoms with Crippen LogP contribution in [0.25, 0.3) is 0 Å². The van der Waals surface area contributed by atoms with E-state index in [1.807, 2.05) is 23.5 Å². The molecule has 3 rings (SSSR count). The number of aliphatic imine (C=N–C) groups is 1. The molecule has 0 spiro atoms. The molecule has 2 N–H and O–H groups in total. The van der Waals surface area contributed by atoms with Crippen LogP contribution in [0.4, 0.5) is 0 Å². The van der Waals surface area contributed by atoms with Gasteiger partial charge in [0.25, 0.3) is 0 Å². The van der Waals surface area contributed by atoms with E-state index in [0.29, 0.717) is 18.5 Å². The first-order valence-electron chi connectivity index (χ1n) is 9.91. The standard InChI is InChI=1S/C21H31N5OS.HI/c1-16-8-11-26(12-9-16)18(19-7-5-13-28-19)15-25-21(22-2)24-14-17-6-4-10-23-20(17)27-3;/h4-7,10,13,16,18H,8-9,11-12,14-15H2,1-3H3,(H2,22,24,25);1H. The predicted molar refractivity (Wildman–Crippen MR) is 131 cm³/mol. The van der Waals surface area contributed by atoms with Crippen LogP contribution in [-0.2, 0) is 6.54 Å². The molecule has 0 saturated carbocycles. The van der Waals surface area contributed by atoms with Crippen LogP contribution < -0.4 is 15.4 Å². The number of aromatic nitrogens is 1. The summed E-state index contributed by atoms with van der Waals surface area (Å²) < 4.78 is 5.33. The Labute approximate surface area is 195 Å². The number of pyridine rings is 1. The van der Waals surface area contributed by atoms with Crippen molar-refractivity contribution in [1.82, 2.24) is 20.5 Å². The molecule has 1 aliphatic heterocycles. The molecule has 0 aliphatic carbocycles. The SMILES string of the molecule is CN=C(NCc1cccnc1OC)NCC(c1cccs1)N1CCC(C)CC1.I. The lowest BCUT2D eigenvalue weighted by atomic mass is 9.97. The van der Waals surface area contributed by atoms with Crippen LogP contribution in [0.5, 0.6) is 5.88 Å². The van der Waals surface area contributed by atoms with Gasteiger partial charge >= 0.3 is 0 Å². The Balaban J connectivity index is 0.00000300. The lowest BCUT2D eigenvalue weighted by Crippen LogP contribution is -2.44. The zero-order valence-corrected chi connectivity index (χ0v) is 20.6. The smallest absolute Gasteiger partial charge is 0.218 e. The molecule has 0 radical (unpaired) electrons. The monoisotopic (exact) mass is 529 g/mol. The quantitative estimate of drug-likeness (QED) is 0.324. The predicted octanol–water partition coefficient (Wildman–Crippen LogP) is 3.91. The molecule has 1 atom stereocenters. The Hall–Kier alpha value is -1.39. The van der Waals surface area contributed by atoms with Gasteiger partial charge < -0.3 is 15.4 Å². The van der Waals surface area contributed by atoms with Crippen molar-refractivity contribution in [3.05, 3.63) is 46.3 Å². The number of hydrogen-bond donors (Lipinski definition) is 2. The first kappa shape index (κ1) is 23.9. The minimum Gasteiger partial charge on any atom is -0.481 e. The summed E-state index contributed by atoms with van der Waals surface area (Å²) in [5.41, 5.74) is 1.01. The maximum absolute atomic E-state index is 5.33. The summed E-state index contributed by atoms with van der Waals surface area (Å²) in [5.74, 6) is 2.26. The summed E-state index contributed by atoms with van der Waals surface area (Å²) in [6.07, 6.45) is 4.28. The summed E-state index contributed by atoms with van der Waals surface area (Å²) in [4.78, 5) is 12.7. The number of hydrogen-bond acceptors (Lipinski definition) is 5. The molecule has 3 heterocycles. The number of nitrogens with zero attached hydrogens (tertiary/aromatic N) is 3. The molecule has 29 heavy (non-hydrogen) atoms. The van der Waals surface area contributed by atoms with Crippen LogP contribution in [0.2, 0.25) is 0 Å². The average Bonchev–Trinajstić information content (AvgIpc) is 3.26. The number of guanidine groups is 1. The first-order valence-corrected chi connectivity index (χ1v) is 10.8. The van der Waals surface area contributed by atoms with Crippen molar-refractivity contribution in [3.8, 4) is 5.88 Å². The van der Waals surface area contributed by atoms with E-state index >= 15 is 0 Å². The largest absolute Gasteiger partial charge is 0.481 e. The summed E-state index contributed by atoms with van der Waals surface area (Å²) in [6.45, 7) is 6.11. The topological polar surface area (TPSA) is 61.8 Å². The lowest BCUT2D eigenvalue weighted by Gasteiger charge is -2.36. The van der Waals surface area contributed by atoms with E-state index in [4.69, 9.17) is 4.74 Å². The summed E-state index contributed by atoms with van der Waals surface area (Å²) in [6, 6.07) is 8.68. The molecule has 2 aromatic rings. The normalized spacial score (nSPS) is 16.7. The number of halogens is 1. The van der Waals surface area contributed by atoms with Crippen LogP contribution >= 0.6 is 35.3 Å². The van der Waals surface area contributed by atoms with Crippen molar-refractivity contribution in [1.29, 1.82) is 0 Å². The zero-order valence-electron chi connectivity index (χ0n) is 17.4. The van der Waals surface area contributed by atoms with E-state index in [2.05, 4.69) is 49.9 Å². The molecule has 8 heteroatoms. The second-order valence-corrected chi connectivity index (χ2v) is 8.21. The van der Waals surface area contributed by atoms with E-state index in [1.165, 1.54) is 17.7 Å². The van der Waals surface area contributed by atoms with Gasteiger partial charge in [0.1, 0.15) is 0 Å². The Morgan fingerprint density at radius 3 is 2.76 bits per heavy atom. The van der Waals surface area contributed by atoms with Crippen molar-refractivity contribution in [2.45, 2.75) is 32.4 Å². The fourth-order valence-corrected chi connectivity index (χ4v) is 4.43. The van der Waals surface area contributed by atoms with Crippen LogP contribution in [0.3, 0.4) is 0 Å². The van der Waals surface area contributed by atoms with Crippen molar-refractivity contribution in [2.24, 2.45) is 10.9 Å². The van der Waals surface area contributed by atoms with Gasteiger partial charge in [-0.15, -0.1) is 35.3 Å². The maximum Gasteiger partial charge on any atom is 0.218 e. The Morgan fingerprint density at radius 1 is 1.31 bits per heavy atom. The van der Waals surface area contributed by atoms with E-state index < -0.39 is 0 Å². The lowest BCUT2D eigenvalue weighted by molar-refractivity contribution is 0.140. The van der Waals surface area contributed by atoms with Crippen LogP contribution in [-0.4, -0.2) is 49.6 Å². The second-order valence-electron chi connectivity index (χ2n) is 7.23. The number of likely N-dealkylation sites (tertiary alicyclic amines) is 1. The number of nitrogens with one attached hydrogen (secondary N) is 2. The third kappa shape index (κ3) is 6.82. The highest BCUT2D eigenvalue weighted by atomic mass is 127. The maximum atomic E-state index is 5.33. The summed E-state index contributed by atoms with van der Waals surface area (Å²) in [5, 5.41) is 9.05. The van der Waals surface area contributed by atoms with E-state index in [1.54, 1.807) is 20.4 Å². The number of ether oxygens (including phenoxy) is 1. The van der Waals surface area contributed by atoms with E-state index in [0.717, 1.165) is 37.1 Å². The molecule has 1 aliphatic rings. The van der Waals surface area contributed by atoms with Gasteiger partial charge in [0, 0.05) is 36.8 Å². The van der Waals surface area contributed by atoms with Crippen molar-refractivity contribution in [3.63, 3.8) is 0 Å². The van der Waals surface area contributed by atoms with Gasteiger partial charge in [-0.1, -0.05) is 19.1 Å². The van der Waals surface area contributed by atoms with Crippen LogP contribution in [0.1, 0.15) is 36.2 Å². The van der Waals surface area contributed by atoms with Crippen molar-refractivity contribution in [2.75, 3.05) is 33.8 Å². The molecule has 6 nitrogen and oxygen atoms in total. The van der Waals surface area contributed by atoms with E-state index in [-0.39, 0.29) is 24.0 Å². The van der Waals surface area contributed by atoms with Gasteiger partial charge in [-0.3, -0.25) is 9.89 Å².